The van der Waals surface area contributed by atoms with E-state index >= 15 is 19.2 Å². The summed E-state index contributed by atoms with van der Waals surface area (Å²) in [5.74, 6) is -7.56. The first-order valence-corrected chi connectivity index (χ1v) is 42.4. The van der Waals surface area contributed by atoms with E-state index in [0.29, 0.717) is 111 Å². The molecule has 0 fully saturated rings. The van der Waals surface area contributed by atoms with Gasteiger partial charge in [-0.3, -0.25) is 55.5 Å². The maximum absolute atomic E-state index is 15.5. The second kappa shape index (κ2) is 33.5. The fourth-order valence-electron chi connectivity index (χ4n) is 17.4. The maximum Gasteiger partial charge on any atom is 0.449 e. The first-order chi connectivity index (χ1) is 64.6. The summed E-state index contributed by atoms with van der Waals surface area (Å²) in [7, 11) is 0. The summed E-state index contributed by atoms with van der Waals surface area (Å²) in [4.78, 5) is 138. The number of carbonyl (C=O) groups excluding carboxylic acids is 4. The highest BCUT2D eigenvalue weighted by atomic mass is 16.5. The van der Waals surface area contributed by atoms with Crippen LogP contribution in [-0.4, -0.2) is 127 Å². The van der Waals surface area contributed by atoms with Gasteiger partial charge in [-0.15, -0.1) is 0 Å². The maximum atomic E-state index is 15.5. The molecule has 15 heterocycles. The van der Waals surface area contributed by atoms with E-state index in [0.717, 1.165) is 40.5 Å². The molecule has 0 radical (unpaired) electrons. The lowest BCUT2D eigenvalue weighted by Gasteiger charge is -2.14. The molecule has 0 amide bonds. The van der Waals surface area contributed by atoms with Crippen molar-refractivity contribution in [1.29, 1.82) is 0 Å². The molecule has 7 aliphatic heterocycles. The fraction of sp³-hybridized carbons (Fsp3) is 0.120. The summed E-state index contributed by atoms with van der Waals surface area (Å²) in [5.41, 5.74) is 12.7. The lowest BCUT2D eigenvalue weighted by atomic mass is 9.98. The van der Waals surface area contributed by atoms with Crippen molar-refractivity contribution in [1.82, 2.24) is 77.1 Å². The monoisotopic (exact) mass is 1750 g/mol. The summed E-state index contributed by atoms with van der Waals surface area (Å²) in [6.45, 7) is 8.53. The van der Waals surface area contributed by atoms with Crippen LogP contribution in [0.2, 0.25) is 0 Å². The van der Waals surface area contributed by atoms with E-state index in [1.54, 1.807) is 140 Å². The Balaban J connectivity index is 0.675. The molecule has 8 bridgehead atoms. The average molecular weight is 1750 g/mol. The van der Waals surface area contributed by atoms with Crippen molar-refractivity contribution in [3.63, 3.8) is 0 Å². The molecule has 0 saturated heterocycles. The lowest BCUT2D eigenvalue weighted by Crippen LogP contribution is -2.25. The number of hydrogen-bond acceptors (Lipinski definition) is 24. The standard InChI is InChI=1S/C100H72N16O16/c1-5-125-93-101-77-33-17-29-73-81(77)109(93)53-57-37-45-61(46-38-57)65-21-9-14-26-70(65)86-106-130-98(122)114(86)90(118)74-30-18-34-78-82(74)111(95(102-78)127-7-3)55-59-41-49-63(50-42-59)67-23-11-16-28-72(67)88-108-132-100(124)116(88)92(120)76-32-20-36-80-84(76)112(96(104-80)128-8-4)56-60-43-51-64(52-44-60)68-24-12-15-27-71(68)87-107-131-99(123)115(87)91(119)75-31-19-35-79-83(75)110(94(103-79)126-6-2)54-58-39-47-62(48-40-58)66-22-10-13-25-69(66)85-105-129-97(121)113(85)89(73)117/h9-52H,5-8,53-56H2,1-4H3. The molecule has 0 N–H and O–H groups in total. The van der Waals surface area contributed by atoms with Gasteiger partial charge in [-0.25, -0.2) is 19.2 Å². The summed E-state index contributed by atoms with van der Waals surface area (Å²) < 4.78 is 57.0. The van der Waals surface area contributed by atoms with Gasteiger partial charge in [0.1, 0.15) is 0 Å². The first kappa shape index (κ1) is 81.2. The summed E-state index contributed by atoms with van der Waals surface area (Å²) in [5, 5.41) is 17.0. The Kier molecular flexibility index (Phi) is 20.6. The first-order valence-electron chi connectivity index (χ1n) is 42.4. The molecule has 7 aliphatic rings. The molecule has 0 spiro atoms. The third-order valence-electron chi connectivity index (χ3n) is 23.3. The summed E-state index contributed by atoms with van der Waals surface area (Å²) >= 11 is 0. The largest absolute Gasteiger partial charge is 0.465 e. The Morgan fingerprint density at radius 2 is 0.424 bits per heavy atom. The number of carbonyl (C=O) groups is 4. The smallest absolute Gasteiger partial charge is 0.449 e. The van der Waals surface area contributed by atoms with Crippen molar-refractivity contribution in [3.8, 4) is 114 Å². The number of nitrogens with zero attached hydrogens (tertiary/aromatic N) is 16. The van der Waals surface area contributed by atoms with Crippen LogP contribution >= 0.6 is 0 Å². The molecule has 32 nitrogen and oxygen atoms in total. The zero-order valence-corrected chi connectivity index (χ0v) is 70.7. The Morgan fingerprint density at radius 1 is 0.235 bits per heavy atom. The quantitative estimate of drug-likeness (QED) is 0.136. The van der Waals surface area contributed by atoms with Crippen LogP contribution in [0.5, 0.6) is 24.0 Å². The molecule has 20 aromatic rings. The van der Waals surface area contributed by atoms with Gasteiger partial charge in [0.25, 0.3) is 47.7 Å². The normalized spacial score (nSPS) is 12.6. The molecule has 132 heavy (non-hydrogen) atoms. The van der Waals surface area contributed by atoms with Crippen LogP contribution in [0.3, 0.4) is 0 Å². The molecule has 32 heteroatoms. The zero-order chi connectivity index (χ0) is 90.1. The second-order valence-electron chi connectivity index (χ2n) is 31.0. The van der Waals surface area contributed by atoms with Gasteiger partial charge in [0, 0.05) is 22.3 Å². The van der Waals surface area contributed by atoms with Crippen LogP contribution < -0.4 is 42.0 Å². The van der Waals surface area contributed by atoms with Crippen molar-refractivity contribution in [2.45, 2.75) is 53.9 Å². The molecule has 648 valence electrons. The molecule has 27 rings (SSSR count). The van der Waals surface area contributed by atoms with E-state index in [1.165, 1.54) is 0 Å². The van der Waals surface area contributed by atoms with Gasteiger partial charge < -0.3 is 18.9 Å². The van der Waals surface area contributed by atoms with Crippen LogP contribution in [-0.2, 0) is 26.2 Å². The van der Waals surface area contributed by atoms with Crippen LogP contribution in [0.1, 0.15) is 91.4 Å². The predicted molar refractivity (Wildman–Crippen MR) is 485 cm³/mol. The Labute approximate surface area is 745 Å². The minimum Gasteiger partial charge on any atom is -0.465 e. The summed E-state index contributed by atoms with van der Waals surface area (Å²) in [6.07, 6.45) is 0. The van der Waals surface area contributed by atoms with Crippen molar-refractivity contribution in [2.75, 3.05) is 26.4 Å². The van der Waals surface area contributed by atoms with Crippen molar-refractivity contribution < 1.29 is 56.2 Å². The minimum absolute atomic E-state index is 0.0798. The van der Waals surface area contributed by atoms with Gasteiger partial charge in [-0.2, -0.15) is 38.2 Å². The van der Waals surface area contributed by atoms with Gasteiger partial charge in [-0.1, -0.05) is 239 Å². The average Bonchev–Trinajstić information content (AvgIpc) is 1.60. The Morgan fingerprint density at radius 3 is 0.621 bits per heavy atom. The van der Waals surface area contributed by atoms with Crippen LogP contribution in [0.25, 0.3) is 134 Å². The van der Waals surface area contributed by atoms with Crippen LogP contribution in [0, 0.1) is 0 Å². The highest BCUT2D eigenvalue weighted by molar-refractivity contribution is 6.11. The molecule has 8 aromatic heterocycles. The van der Waals surface area contributed by atoms with Gasteiger partial charge in [-0.05, 0) is 143 Å². The van der Waals surface area contributed by atoms with Crippen molar-refractivity contribution >= 4 is 67.8 Å². The number of para-hydroxylation sites is 4. The zero-order valence-electron chi connectivity index (χ0n) is 70.7. The minimum atomic E-state index is -1.04. The topological polar surface area (TPSA) is 369 Å². The highest BCUT2D eigenvalue weighted by Crippen LogP contribution is 2.41. The number of rotatable bonds is 8. The van der Waals surface area contributed by atoms with Gasteiger partial charge in [0.05, 0.1) is 119 Å². The number of aromatic nitrogens is 16. The predicted octanol–water partition coefficient (Wildman–Crippen LogP) is 15.9. The van der Waals surface area contributed by atoms with Crippen LogP contribution in [0.15, 0.2) is 304 Å². The van der Waals surface area contributed by atoms with E-state index < -0.39 is 46.7 Å². The highest BCUT2D eigenvalue weighted by Gasteiger charge is 2.34. The van der Waals surface area contributed by atoms with E-state index in [9.17, 15) is 19.2 Å². The Hall–Kier alpha value is -17.8. The number of imidazole rings is 4. The second-order valence-corrected chi connectivity index (χ2v) is 31.0. The molecular weight excluding hydrogens is 1680 g/mol. The van der Waals surface area contributed by atoms with Gasteiger partial charge in [0.15, 0.2) is 23.3 Å². The SMILES string of the molecule is CCOc1nc2cccc3c2n1Cc1ccc(cc1)-c1ccccc1-c1noc(=O)n1C(=O)c1cccc2nc(OCC)n(c12)Cc1ccc(cc1)-c1ccccc1-c1noc(=O)n1C(=O)c1cccc2nc(OCC)n(c12)Cc1ccc(cc1)-c1ccccc1-c1noc(=O)n1C(=O)c1cccc2nc(OCC)n(c12)Cc1ccc(cc1)-c1ccccc1-c1noc(=O)n1C3=O. The van der Waals surface area contributed by atoms with Crippen LogP contribution in [0.4, 0.5) is 0 Å². The summed E-state index contributed by atoms with van der Waals surface area (Å²) in [6, 6.07) is 79.4. The third kappa shape index (κ3) is 14.0. The number of hydrogen-bond donors (Lipinski definition) is 0. The third-order valence-corrected chi connectivity index (χ3v) is 23.3. The van der Waals surface area contributed by atoms with Crippen molar-refractivity contribution in [2.24, 2.45) is 0 Å². The molecule has 0 aliphatic carbocycles. The van der Waals surface area contributed by atoms with Gasteiger partial charge >= 0.3 is 23.0 Å². The van der Waals surface area contributed by atoms with E-state index in [1.807, 2.05) is 173 Å². The molecule has 0 unspecified atom stereocenters. The number of benzene rings is 12. The molecular formula is C100H72N16O16. The van der Waals surface area contributed by atoms with Gasteiger partial charge in [0.2, 0.25) is 0 Å². The molecule has 12 aromatic carbocycles. The number of ether oxygens (including phenoxy) is 4. The van der Waals surface area contributed by atoms with Crippen molar-refractivity contribution in [3.05, 3.63) is 354 Å². The lowest BCUT2D eigenvalue weighted by molar-refractivity contribution is 0.0946. The Bertz CT molecular complexity index is 7330. The van der Waals surface area contributed by atoms with E-state index in [2.05, 4.69) is 20.6 Å². The molecule has 0 saturated carbocycles. The van der Waals surface area contributed by atoms with E-state index in [4.69, 9.17) is 57.0 Å². The van der Waals surface area contributed by atoms with E-state index in [-0.39, 0.29) is 122 Å². The molecule has 0 atom stereocenters. The fourth-order valence-corrected chi connectivity index (χ4v) is 17.4.